The smallest absolute Gasteiger partial charge is 0.744 e. The van der Waals surface area contributed by atoms with Crippen molar-refractivity contribution in [3.8, 4) is 0 Å². The molecule has 0 aromatic heterocycles. The van der Waals surface area contributed by atoms with Gasteiger partial charge in [0.15, 0.2) is 0 Å². The van der Waals surface area contributed by atoms with Gasteiger partial charge in [0.25, 0.3) is 10.1 Å². The van der Waals surface area contributed by atoms with E-state index in [1.54, 1.807) is 0 Å². The molecular formula is C7H7FrO6S2. The summed E-state index contributed by atoms with van der Waals surface area (Å²) in [5.41, 5.74) is 0. The molecule has 0 radical (unpaired) electrons. The first-order chi connectivity index (χ1) is 6.79. The maximum absolute atomic E-state index is 11.2. The van der Waals surface area contributed by atoms with E-state index < -0.39 is 30.0 Å². The van der Waals surface area contributed by atoms with Crippen LogP contribution in [0.3, 0.4) is 0 Å². The molecule has 0 saturated heterocycles. The van der Waals surface area contributed by atoms with Crippen LogP contribution >= 0.6 is 0 Å². The van der Waals surface area contributed by atoms with Crippen LogP contribution in [0.2, 0.25) is 0 Å². The van der Waals surface area contributed by atoms with Crippen molar-refractivity contribution >= 4 is 20.2 Å². The van der Waals surface area contributed by atoms with Crippen molar-refractivity contribution in [2.75, 3.05) is 7.11 Å². The van der Waals surface area contributed by atoms with E-state index in [0.29, 0.717) is 0 Å². The Labute approximate surface area is 135 Å². The standard InChI is InChI=1S/C7H8O6S2.Fr/c1-13-15(11,12)7-5-3-2-4-6(7)14(8,9)10;/h2-5H,1H3,(H,8,9,10);/q;+1/p-1. The molecule has 0 atom stereocenters. The van der Waals surface area contributed by atoms with Crippen molar-refractivity contribution in [3.63, 3.8) is 0 Å². The van der Waals surface area contributed by atoms with E-state index >= 15 is 0 Å². The summed E-state index contributed by atoms with van der Waals surface area (Å²) in [5.74, 6) is 0. The molecule has 0 aliphatic heterocycles. The third-order valence-electron chi connectivity index (χ3n) is 1.61. The fraction of sp³-hybridized carbons (Fsp3) is 0.143. The minimum Gasteiger partial charge on any atom is -0.744 e. The molecule has 0 saturated carbocycles. The predicted molar refractivity (Wildman–Crippen MR) is 48.6 cm³/mol. The van der Waals surface area contributed by atoms with Gasteiger partial charge in [0.2, 0.25) is 0 Å². The molecule has 0 heterocycles. The van der Waals surface area contributed by atoms with Crippen LogP contribution in [0, 0.1) is 49.9 Å². The second kappa shape index (κ2) is 6.00. The maximum Gasteiger partial charge on any atom is 1.00 e. The zero-order valence-corrected chi connectivity index (χ0v) is 18.4. The quantitative estimate of drug-likeness (QED) is 0.449. The second-order valence-corrected chi connectivity index (χ2v) is 5.55. The molecule has 0 unspecified atom stereocenters. The van der Waals surface area contributed by atoms with Crippen LogP contribution in [-0.4, -0.2) is 28.5 Å². The largest absolute Gasteiger partial charge is 1.00 e. The van der Waals surface area contributed by atoms with Gasteiger partial charge in [-0.1, -0.05) is 12.1 Å². The van der Waals surface area contributed by atoms with Gasteiger partial charge in [0.05, 0.1) is 12.0 Å². The minimum atomic E-state index is -4.84. The molecule has 0 fully saturated rings. The van der Waals surface area contributed by atoms with E-state index in [0.717, 1.165) is 19.2 Å². The van der Waals surface area contributed by atoms with E-state index in [1.807, 2.05) is 0 Å². The van der Waals surface area contributed by atoms with Crippen LogP contribution in [0.25, 0.3) is 0 Å². The fourth-order valence-corrected chi connectivity index (χ4v) is 2.86. The van der Waals surface area contributed by atoms with Crippen molar-refractivity contribution in [2.24, 2.45) is 0 Å². The van der Waals surface area contributed by atoms with Crippen molar-refractivity contribution in [3.05, 3.63) is 24.3 Å². The normalized spacial score (nSPS) is 11.9. The van der Waals surface area contributed by atoms with Crippen molar-refractivity contribution in [1.29, 1.82) is 0 Å². The molecule has 0 aliphatic carbocycles. The van der Waals surface area contributed by atoms with E-state index in [2.05, 4.69) is 4.18 Å². The number of hydrogen-bond donors (Lipinski definition) is 0. The van der Waals surface area contributed by atoms with Gasteiger partial charge in [-0.2, -0.15) is 8.42 Å². The number of benzene rings is 1. The average molecular weight is 474 g/mol. The number of rotatable bonds is 3. The monoisotopic (exact) mass is 474 g/mol. The third-order valence-corrected chi connectivity index (χ3v) is 3.96. The molecule has 1 aromatic carbocycles. The summed E-state index contributed by atoms with van der Waals surface area (Å²) < 4.78 is 58.8. The van der Waals surface area contributed by atoms with Crippen LogP contribution in [0.5, 0.6) is 0 Å². The molecule has 9 heteroatoms. The third kappa shape index (κ3) is 3.84. The summed E-state index contributed by atoms with van der Waals surface area (Å²) in [6.07, 6.45) is 0. The molecule has 0 amide bonds. The van der Waals surface area contributed by atoms with Gasteiger partial charge in [-0.15, -0.1) is 0 Å². The second-order valence-electron chi connectivity index (χ2n) is 2.52. The molecule has 16 heavy (non-hydrogen) atoms. The minimum absolute atomic E-state index is 0. The van der Waals surface area contributed by atoms with E-state index in [-0.39, 0.29) is 49.9 Å². The Hall–Kier alpha value is 0.637. The Bertz CT molecular complexity index is 562. The summed E-state index contributed by atoms with van der Waals surface area (Å²) in [7, 11) is -8.15. The first-order valence-electron chi connectivity index (χ1n) is 3.64. The van der Waals surface area contributed by atoms with E-state index in [1.165, 1.54) is 12.1 Å². The molecule has 1 rings (SSSR count). The van der Waals surface area contributed by atoms with Crippen LogP contribution < -0.4 is 0 Å². The van der Waals surface area contributed by atoms with E-state index in [4.69, 9.17) is 0 Å². The summed E-state index contributed by atoms with van der Waals surface area (Å²) in [6, 6.07) is 4.44. The Kier molecular flexibility index (Phi) is 6.24. The Morgan fingerprint density at radius 2 is 1.50 bits per heavy atom. The average Bonchev–Trinajstić information content (AvgIpc) is 2.16. The van der Waals surface area contributed by atoms with Crippen LogP contribution in [0.4, 0.5) is 0 Å². The van der Waals surface area contributed by atoms with E-state index in [9.17, 15) is 21.4 Å². The summed E-state index contributed by atoms with van der Waals surface area (Å²) in [4.78, 5) is -1.46. The molecule has 1 aromatic rings. The Morgan fingerprint density at radius 1 is 1.06 bits per heavy atom. The predicted octanol–water partition coefficient (Wildman–Crippen LogP) is -0.0742. The summed E-state index contributed by atoms with van der Waals surface area (Å²) >= 11 is 0. The maximum atomic E-state index is 11.2. The van der Waals surface area contributed by atoms with Gasteiger partial charge < -0.3 is 4.55 Å². The molecule has 0 bridgehead atoms. The van der Waals surface area contributed by atoms with Gasteiger partial charge in [-0.05, 0) is 12.1 Å². The Morgan fingerprint density at radius 3 is 1.88 bits per heavy atom. The molecule has 6 nitrogen and oxygen atoms in total. The van der Waals surface area contributed by atoms with Gasteiger partial charge in [0.1, 0.15) is 15.0 Å². The van der Waals surface area contributed by atoms with Crippen LogP contribution in [0.15, 0.2) is 34.1 Å². The Balaban J connectivity index is 0.00000225. The molecule has 0 spiro atoms. The molecule has 84 valence electrons. The first-order valence-corrected chi connectivity index (χ1v) is 6.46. The zero-order valence-electron chi connectivity index (χ0n) is 8.58. The van der Waals surface area contributed by atoms with Crippen LogP contribution in [-0.2, 0) is 24.4 Å². The zero-order chi connectivity index (χ0) is 11.7. The molecule has 0 N–H and O–H groups in total. The summed E-state index contributed by atoms with van der Waals surface area (Å²) in [5, 5.41) is 0. The van der Waals surface area contributed by atoms with Crippen LogP contribution in [0.1, 0.15) is 0 Å². The molecule has 0 aliphatic rings. The molecular weight excluding hydrogens is 467 g/mol. The first kappa shape index (κ1) is 16.6. The fourth-order valence-electron chi connectivity index (χ4n) is 0.953. The van der Waals surface area contributed by atoms with Gasteiger partial charge in [-0.25, -0.2) is 8.42 Å². The SMILES string of the molecule is COS(=O)(=O)c1ccccc1S(=O)(=O)[O-].[Fr+]. The van der Waals surface area contributed by atoms with Crippen molar-refractivity contribution in [2.45, 2.75) is 9.79 Å². The topological polar surface area (TPSA) is 101 Å². The van der Waals surface area contributed by atoms with Gasteiger partial charge >= 0.3 is 49.9 Å². The van der Waals surface area contributed by atoms with Crippen molar-refractivity contribution in [1.82, 2.24) is 0 Å². The summed E-state index contributed by atoms with van der Waals surface area (Å²) in [6.45, 7) is 0. The number of hydrogen-bond acceptors (Lipinski definition) is 6. The van der Waals surface area contributed by atoms with Crippen molar-refractivity contribution < 1.29 is 75.4 Å². The van der Waals surface area contributed by atoms with Gasteiger partial charge in [0, 0.05) is 0 Å². The van der Waals surface area contributed by atoms with Gasteiger partial charge in [-0.3, -0.25) is 4.18 Å².